The first-order valence-electron chi connectivity index (χ1n) is 8.30. The van der Waals surface area contributed by atoms with Crippen LogP contribution in [0.15, 0.2) is 47.6 Å². The summed E-state index contributed by atoms with van der Waals surface area (Å²) in [5.74, 6) is 1.45. The molecule has 1 aromatic carbocycles. The van der Waals surface area contributed by atoms with Gasteiger partial charge in [-0.3, -0.25) is 0 Å². The van der Waals surface area contributed by atoms with Gasteiger partial charge in [0.2, 0.25) is 5.88 Å². The molecule has 26 heavy (non-hydrogen) atoms. The summed E-state index contributed by atoms with van der Waals surface area (Å²) < 4.78 is 18.6. The fourth-order valence-electron chi connectivity index (χ4n) is 2.06. The molecule has 0 saturated carbocycles. The Morgan fingerprint density at radius 2 is 1.88 bits per heavy atom. The summed E-state index contributed by atoms with van der Waals surface area (Å²) in [5, 5.41) is 6.57. The zero-order chi connectivity index (χ0) is 18.3. The molecule has 0 radical (unpaired) electrons. The first-order valence-corrected chi connectivity index (χ1v) is 8.30. The standard InChI is InChI=1S/C19H25FN4O.HI/c1-5-21-18(24-19(2,3)4)23-13-14-10-11-22-17(12-14)25-16-8-6-15(20)7-9-16;/h6-12H,5,13H2,1-4H3,(H2,21,23,24);1H. The third kappa shape index (κ3) is 7.99. The van der Waals surface area contributed by atoms with E-state index >= 15 is 0 Å². The Bertz CT molecular complexity index is 714. The van der Waals surface area contributed by atoms with Crippen molar-refractivity contribution in [1.29, 1.82) is 0 Å². The number of pyridine rings is 1. The highest BCUT2D eigenvalue weighted by Gasteiger charge is 2.11. The van der Waals surface area contributed by atoms with E-state index in [0.717, 1.165) is 18.1 Å². The lowest BCUT2D eigenvalue weighted by molar-refractivity contribution is 0.460. The van der Waals surface area contributed by atoms with Crippen molar-refractivity contribution < 1.29 is 9.13 Å². The van der Waals surface area contributed by atoms with E-state index in [-0.39, 0.29) is 35.3 Å². The van der Waals surface area contributed by atoms with Crippen LogP contribution in [0.5, 0.6) is 11.6 Å². The first kappa shape index (κ1) is 22.1. The van der Waals surface area contributed by atoms with Crippen LogP contribution in [-0.4, -0.2) is 23.0 Å². The second kappa shape index (κ2) is 10.3. The predicted octanol–water partition coefficient (Wildman–Crippen LogP) is 4.48. The van der Waals surface area contributed by atoms with Crippen LogP contribution >= 0.6 is 24.0 Å². The number of aromatic nitrogens is 1. The van der Waals surface area contributed by atoms with Crippen LogP contribution in [0.1, 0.15) is 33.3 Å². The highest BCUT2D eigenvalue weighted by molar-refractivity contribution is 14.0. The number of halogens is 2. The van der Waals surface area contributed by atoms with E-state index in [1.54, 1.807) is 18.3 Å². The topological polar surface area (TPSA) is 58.5 Å². The SMILES string of the molecule is CCNC(=NCc1ccnc(Oc2ccc(F)cc2)c1)NC(C)(C)C.I. The summed E-state index contributed by atoms with van der Waals surface area (Å²) in [4.78, 5) is 8.77. The van der Waals surface area contributed by atoms with Crippen molar-refractivity contribution >= 4 is 29.9 Å². The van der Waals surface area contributed by atoms with Crippen LogP contribution in [-0.2, 0) is 6.54 Å². The molecule has 0 saturated heterocycles. The fraction of sp³-hybridized carbons (Fsp3) is 0.368. The molecule has 0 aliphatic heterocycles. The van der Waals surface area contributed by atoms with Crippen LogP contribution in [0.25, 0.3) is 0 Å². The maximum atomic E-state index is 12.9. The molecular formula is C19H26FIN4O. The Kier molecular flexibility index (Phi) is 8.77. The van der Waals surface area contributed by atoms with Crippen LogP contribution in [0.3, 0.4) is 0 Å². The molecule has 1 heterocycles. The van der Waals surface area contributed by atoms with Crippen molar-refractivity contribution in [2.75, 3.05) is 6.54 Å². The lowest BCUT2D eigenvalue weighted by atomic mass is 10.1. The molecule has 0 spiro atoms. The van der Waals surface area contributed by atoms with E-state index in [2.05, 4.69) is 41.4 Å². The fourth-order valence-corrected chi connectivity index (χ4v) is 2.06. The van der Waals surface area contributed by atoms with Crippen LogP contribution in [0.2, 0.25) is 0 Å². The number of hydrogen-bond acceptors (Lipinski definition) is 3. The lowest BCUT2D eigenvalue weighted by Crippen LogP contribution is -2.47. The van der Waals surface area contributed by atoms with Crippen molar-refractivity contribution in [3.63, 3.8) is 0 Å². The van der Waals surface area contributed by atoms with E-state index in [1.807, 2.05) is 19.1 Å². The van der Waals surface area contributed by atoms with E-state index in [1.165, 1.54) is 12.1 Å². The number of guanidine groups is 1. The Morgan fingerprint density at radius 3 is 2.50 bits per heavy atom. The van der Waals surface area contributed by atoms with E-state index in [4.69, 9.17) is 4.74 Å². The Balaban J connectivity index is 0.00000338. The van der Waals surface area contributed by atoms with Crippen molar-refractivity contribution in [3.8, 4) is 11.6 Å². The molecule has 0 unspecified atom stereocenters. The van der Waals surface area contributed by atoms with Gasteiger partial charge in [-0.15, -0.1) is 24.0 Å². The zero-order valence-electron chi connectivity index (χ0n) is 15.5. The van der Waals surface area contributed by atoms with Gasteiger partial charge in [0.15, 0.2) is 5.96 Å². The molecule has 5 nitrogen and oxygen atoms in total. The molecule has 0 amide bonds. The molecule has 7 heteroatoms. The maximum absolute atomic E-state index is 12.9. The molecule has 0 aliphatic carbocycles. The van der Waals surface area contributed by atoms with Crippen LogP contribution < -0.4 is 15.4 Å². The summed E-state index contributed by atoms with van der Waals surface area (Å²) in [7, 11) is 0. The van der Waals surface area contributed by atoms with Gasteiger partial charge in [-0.05, 0) is 63.6 Å². The summed E-state index contributed by atoms with van der Waals surface area (Å²) in [6.45, 7) is 9.56. The molecule has 0 bridgehead atoms. The lowest BCUT2D eigenvalue weighted by Gasteiger charge is -2.23. The molecule has 1 aromatic heterocycles. The Morgan fingerprint density at radius 1 is 1.19 bits per heavy atom. The molecule has 2 rings (SSSR count). The average molecular weight is 472 g/mol. The third-order valence-electron chi connectivity index (χ3n) is 3.09. The minimum absolute atomic E-state index is 0. The van der Waals surface area contributed by atoms with Gasteiger partial charge < -0.3 is 15.4 Å². The quantitative estimate of drug-likeness (QED) is 0.383. The van der Waals surface area contributed by atoms with Gasteiger partial charge in [0, 0.05) is 24.3 Å². The largest absolute Gasteiger partial charge is 0.439 e. The van der Waals surface area contributed by atoms with Gasteiger partial charge in [-0.25, -0.2) is 14.4 Å². The Hall–Kier alpha value is -1.90. The zero-order valence-corrected chi connectivity index (χ0v) is 17.9. The maximum Gasteiger partial charge on any atom is 0.219 e. The summed E-state index contributed by atoms with van der Waals surface area (Å²) >= 11 is 0. The molecule has 0 fully saturated rings. The van der Waals surface area contributed by atoms with Gasteiger partial charge >= 0.3 is 0 Å². The summed E-state index contributed by atoms with van der Waals surface area (Å²) in [6, 6.07) is 9.56. The minimum atomic E-state index is -0.300. The van der Waals surface area contributed by atoms with Gasteiger partial charge in [0.25, 0.3) is 0 Å². The molecule has 2 aromatic rings. The molecule has 142 valence electrons. The first-order chi connectivity index (χ1) is 11.9. The number of nitrogens with one attached hydrogen (secondary N) is 2. The molecule has 0 atom stereocenters. The molecule has 2 N–H and O–H groups in total. The highest BCUT2D eigenvalue weighted by atomic mass is 127. The van der Waals surface area contributed by atoms with Crippen molar-refractivity contribution in [2.24, 2.45) is 4.99 Å². The minimum Gasteiger partial charge on any atom is -0.439 e. The molecule has 0 aliphatic rings. The second-order valence-corrected chi connectivity index (χ2v) is 6.63. The second-order valence-electron chi connectivity index (χ2n) is 6.63. The van der Waals surface area contributed by atoms with E-state index < -0.39 is 0 Å². The van der Waals surface area contributed by atoms with E-state index in [9.17, 15) is 4.39 Å². The Labute approximate surface area is 171 Å². The van der Waals surface area contributed by atoms with Gasteiger partial charge in [-0.1, -0.05) is 0 Å². The number of nitrogens with zero attached hydrogens (tertiary/aromatic N) is 2. The van der Waals surface area contributed by atoms with E-state index in [0.29, 0.717) is 18.2 Å². The normalized spacial score (nSPS) is 11.5. The van der Waals surface area contributed by atoms with Crippen molar-refractivity contribution in [2.45, 2.75) is 39.8 Å². The van der Waals surface area contributed by atoms with Gasteiger partial charge in [0.1, 0.15) is 11.6 Å². The average Bonchev–Trinajstić information content (AvgIpc) is 2.54. The number of aliphatic imine (C=N–C) groups is 1. The van der Waals surface area contributed by atoms with Gasteiger partial charge in [0.05, 0.1) is 6.54 Å². The number of benzene rings is 1. The smallest absolute Gasteiger partial charge is 0.219 e. The van der Waals surface area contributed by atoms with Crippen LogP contribution in [0.4, 0.5) is 4.39 Å². The number of rotatable bonds is 5. The third-order valence-corrected chi connectivity index (χ3v) is 3.09. The molecular weight excluding hydrogens is 446 g/mol. The number of hydrogen-bond donors (Lipinski definition) is 2. The van der Waals surface area contributed by atoms with Crippen molar-refractivity contribution in [1.82, 2.24) is 15.6 Å². The van der Waals surface area contributed by atoms with Gasteiger partial charge in [-0.2, -0.15) is 0 Å². The highest BCUT2D eigenvalue weighted by Crippen LogP contribution is 2.20. The van der Waals surface area contributed by atoms with Crippen LogP contribution in [0, 0.1) is 5.82 Å². The summed E-state index contributed by atoms with van der Waals surface area (Å²) in [6.07, 6.45) is 1.67. The van der Waals surface area contributed by atoms with Crippen molar-refractivity contribution in [3.05, 3.63) is 54.0 Å². The predicted molar refractivity (Wildman–Crippen MR) is 114 cm³/mol. The monoisotopic (exact) mass is 472 g/mol. The summed E-state index contributed by atoms with van der Waals surface area (Å²) in [5.41, 5.74) is 0.897. The number of ether oxygens (including phenoxy) is 1.